The number of hydrogen-bond donors (Lipinski definition) is 2. The lowest BCUT2D eigenvalue weighted by atomic mass is 9.75. The van der Waals surface area contributed by atoms with Crippen molar-refractivity contribution >= 4 is 29.7 Å². The zero-order chi connectivity index (χ0) is 29.4. The molecule has 1 unspecified atom stereocenters. The van der Waals surface area contributed by atoms with E-state index < -0.39 is 23.6 Å². The summed E-state index contributed by atoms with van der Waals surface area (Å²) in [5.41, 5.74) is 9.92. The van der Waals surface area contributed by atoms with Gasteiger partial charge in [0.25, 0.3) is 11.8 Å². The van der Waals surface area contributed by atoms with Gasteiger partial charge >= 0.3 is 0 Å². The van der Waals surface area contributed by atoms with Gasteiger partial charge in [-0.25, -0.2) is 0 Å². The average molecular weight is 552 g/mol. The van der Waals surface area contributed by atoms with Crippen LogP contribution in [-0.4, -0.2) is 41.6 Å². The number of benzene rings is 3. The van der Waals surface area contributed by atoms with Crippen molar-refractivity contribution in [3.05, 3.63) is 107 Å². The Hall–Kier alpha value is -4.03. The number of amides is 2. The first-order valence-electron chi connectivity index (χ1n) is 14.4. The van der Waals surface area contributed by atoms with Crippen LogP contribution in [0.3, 0.4) is 0 Å². The Morgan fingerprint density at radius 3 is 2.15 bits per heavy atom. The highest BCUT2D eigenvalue weighted by molar-refractivity contribution is 6.38. The molecule has 3 aromatic rings. The molecule has 6 nitrogen and oxygen atoms in total. The standard InChI is InChI=1S/C35H41N3O3/c1-35(2,3)29-19-21-38(22-20-29)24-27-15-13-25(14-16-27)17-18-28-11-7-8-12-30(28)34(41)37-31(32(39)33(36)40)23-26-9-5-4-6-10-26/h4-18,29,31H,19-24H2,1-3H3,(H2,36,40)(H,37,41)/b18-17+. The molecule has 0 bridgehead atoms. The highest BCUT2D eigenvalue weighted by atomic mass is 16.2. The van der Waals surface area contributed by atoms with Gasteiger partial charge in [0.15, 0.2) is 0 Å². The highest BCUT2D eigenvalue weighted by Gasteiger charge is 2.29. The van der Waals surface area contributed by atoms with Crippen LogP contribution in [0.2, 0.25) is 0 Å². The van der Waals surface area contributed by atoms with Gasteiger partial charge in [-0.15, -0.1) is 0 Å². The monoisotopic (exact) mass is 551 g/mol. The van der Waals surface area contributed by atoms with Gasteiger partial charge in [0.1, 0.15) is 6.04 Å². The molecule has 4 rings (SSSR count). The number of piperidine rings is 1. The number of likely N-dealkylation sites (tertiary alicyclic amines) is 1. The summed E-state index contributed by atoms with van der Waals surface area (Å²) in [5.74, 6) is -1.55. The van der Waals surface area contributed by atoms with Crippen LogP contribution in [0.5, 0.6) is 0 Å². The molecule has 1 atom stereocenters. The number of ketones is 1. The Labute approximate surface area is 243 Å². The normalized spacial score (nSPS) is 15.5. The second-order valence-electron chi connectivity index (χ2n) is 12.0. The van der Waals surface area contributed by atoms with Crippen LogP contribution in [0.1, 0.15) is 66.2 Å². The van der Waals surface area contributed by atoms with Gasteiger partial charge in [-0.3, -0.25) is 19.3 Å². The van der Waals surface area contributed by atoms with Crippen LogP contribution >= 0.6 is 0 Å². The van der Waals surface area contributed by atoms with Crippen molar-refractivity contribution in [3.8, 4) is 0 Å². The molecule has 214 valence electrons. The van der Waals surface area contributed by atoms with E-state index in [2.05, 4.69) is 55.3 Å². The van der Waals surface area contributed by atoms with Gasteiger partial charge in [-0.1, -0.05) is 106 Å². The van der Waals surface area contributed by atoms with Gasteiger partial charge in [-0.05, 0) is 65.6 Å². The number of hydrogen-bond acceptors (Lipinski definition) is 4. The van der Waals surface area contributed by atoms with E-state index in [1.807, 2.05) is 54.6 Å². The molecule has 0 aliphatic carbocycles. The number of rotatable bonds is 10. The summed E-state index contributed by atoms with van der Waals surface area (Å²) in [4.78, 5) is 40.0. The van der Waals surface area contributed by atoms with Crippen LogP contribution in [0.4, 0.5) is 0 Å². The van der Waals surface area contributed by atoms with Crippen LogP contribution in [0, 0.1) is 11.3 Å². The van der Waals surface area contributed by atoms with Crippen molar-refractivity contribution in [2.75, 3.05) is 13.1 Å². The minimum atomic E-state index is -1.07. The van der Waals surface area contributed by atoms with Crippen LogP contribution in [0.25, 0.3) is 12.2 Å². The molecular formula is C35H41N3O3. The first kappa shape index (κ1) is 29.9. The summed E-state index contributed by atoms with van der Waals surface area (Å²) in [5, 5.41) is 2.73. The number of primary amides is 1. The van der Waals surface area contributed by atoms with Gasteiger partial charge in [0.05, 0.1) is 0 Å². The Bertz CT molecular complexity index is 1370. The second-order valence-corrected chi connectivity index (χ2v) is 12.0. The fourth-order valence-corrected chi connectivity index (χ4v) is 5.45. The van der Waals surface area contributed by atoms with E-state index in [1.54, 1.807) is 12.1 Å². The molecule has 0 saturated carbocycles. The van der Waals surface area contributed by atoms with Crippen molar-refractivity contribution in [2.24, 2.45) is 17.1 Å². The largest absolute Gasteiger partial charge is 0.363 e. The molecule has 1 fully saturated rings. The van der Waals surface area contributed by atoms with Crippen LogP contribution in [-0.2, 0) is 22.6 Å². The summed E-state index contributed by atoms with van der Waals surface area (Å²) >= 11 is 0. The fourth-order valence-electron chi connectivity index (χ4n) is 5.45. The van der Waals surface area contributed by atoms with E-state index in [9.17, 15) is 14.4 Å². The molecular weight excluding hydrogens is 510 g/mol. The van der Waals surface area contributed by atoms with Gasteiger partial charge in [0, 0.05) is 18.5 Å². The first-order valence-corrected chi connectivity index (χ1v) is 14.4. The fraction of sp³-hybridized carbons (Fsp3) is 0.343. The van der Waals surface area contributed by atoms with Crippen molar-refractivity contribution in [3.63, 3.8) is 0 Å². The summed E-state index contributed by atoms with van der Waals surface area (Å²) in [6.45, 7) is 10.3. The number of Topliss-reactive ketones (excluding diaryl/α,β-unsaturated/α-hetero) is 1. The smallest absolute Gasteiger partial charge is 0.287 e. The maximum absolute atomic E-state index is 13.3. The van der Waals surface area contributed by atoms with Crippen molar-refractivity contribution in [1.82, 2.24) is 10.2 Å². The van der Waals surface area contributed by atoms with E-state index in [0.29, 0.717) is 16.5 Å². The quantitative estimate of drug-likeness (QED) is 0.257. The lowest BCUT2D eigenvalue weighted by molar-refractivity contribution is -0.137. The van der Waals surface area contributed by atoms with Crippen LogP contribution in [0.15, 0.2) is 78.9 Å². The summed E-state index contributed by atoms with van der Waals surface area (Å²) in [6, 6.07) is 23.9. The Morgan fingerprint density at radius 2 is 1.51 bits per heavy atom. The Kier molecular flexibility index (Phi) is 9.90. The van der Waals surface area contributed by atoms with Crippen molar-refractivity contribution < 1.29 is 14.4 Å². The molecule has 1 heterocycles. The SMILES string of the molecule is CC(C)(C)C1CCN(Cc2ccc(/C=C/c3ccccc3C(=O)NC(Cc3ccccc3)C(=O)C(N)=O)cc2)CC1. The predicted octanol–water partition coefficient (Wildman–Crippen LogP) is 5.51. The zero-order valence-electron chi connectivity index (χ0n) is 24.3. The summed E-state index contributed by atoms with van der Waals surface area (Å²) in [7, 11) is 0. The van der Waals surface area contributed by atoms with E-state index in [4.69, 9.17) is 5.73 Å². The second kappa shape index (κ2) is 13.6. The summed E-state index contributed by atoms with van der Waals surface area (Å²) < 4.78 is 0. The lowest BCUT2D eigenvalue weighted by Gasteiger charge is -2.38. The number of carbonyl (C=O) groups excluding carboxylic acids is 3. The molecule has 3 aromatic carbocycles. The molecule has 41 heavy (non-hydrogen) atoms. The van der Waals surface area contributed by atoms with Gasteiger partial charge in [-0.2, -0.15) is 0 Å². The van der Waals surface area contributed by atoms with Gasteiger partial charge < -0.3 is 11.1 Å². The Balaban J connectivity index is 1.40. The average Bonchev–Trinajstić information content (AvgIpc) is 2.96. The number of carbonyl (C=O) groups is 3. The molecule has 1 aliphatic rings. The third-order valence-electron chi connectivity index (χ3n) is 8.01. The van der Waals surface area contributed by atoms with Gasteiger partial charge in [0.2, 0.25) is 5.78 Å². The highest BCUT2D eigenvalue weighted by Crippen LogP contribution is 2.34. The minimum absolute atomic E-state index is 0.174. The van der Waals surface area contributed by atoms with E-state index >= 15 is 0 Å². The molecule has 3 N–H and O–H groups in total. The molecule has 0 aromatic heterocycles. The molecule has 1 aliphatic heterocycles. The molecule has 2 amide bonds. The zero-order valence-corrected chi connectivity index (χ0v) is 24.3. The topological polar surface area (TPSA) is 92.5 Å². The number of nitrogens with zero attached hydrogens (tertiary/aromatic N) is 1. The molecule has 0 radical (unpaired) electrons. The summed E-state index contributed by atoms with van der Waals surface area (Å²) in [6.07, 6.45) is 6.54. The molecule has 0 spiro atoms. The van der Waals surface area contributed by atoms with Crippen molar-refractivity contribution in [2.45, 2.75) is 52.6 Å². The van der Waals surface area contributed by atoms with E-state index in [1.165, 1.54) is 18.4 Å². The third-order valence-corrected chi connectivity index (χ3v) is 8.01. The maximum atomic E-state index is 13.3. The maximum Gasteiger partial charge on any atom is 0.287 e. The van der Waals surface area contributed by atoms with Crippen molar-refractivity contribution in [1.29, 1.82) is 0 Å². The number of nitrogens with two attached hydrogens (primary N) is 1. The minimum Gasteiger partial charge on any atom is -0.363 e. The molecule has 1 saturated heterocycles. The Morgan fingerprint density at radius 1 is 0.878 bits per heavy atom. The van der Waals surface area contributed by atoms with Crippen LogP contribution < -0.4 is 11.1 Å². The lowest BCUT2D eigenvalue weighted by Crippen LogP contribution is -2.47. The third kappa shape index (κ3) is 8.48. The first-order chi connectivity index (χ1) is 19.6. The van der Waals surface area contributed by atoms with E-state index in [0.717, 1.165) is 36.7 Å². The number of nitrogens with one attached hydrogen (secondary N) is 1. The predicted molar refractivity (Wildman–Crippen MR) is 165 cm³/mol. The van der Waals surface area contributed by atoms with E-state index in [-0.39, 0.29) is 6.42 Å². The molecule has 6 heteroatoms.